The summed E-state index contributed by atoms with van der Waals surface area (Å²) in [6, 6.07) is 8.31. The minimum Gasteiger partial charge on any atom is -0.392 e. The Labute approximate surface area is 179 Å². The number of aromatic nitrogens is 1. The van der Waals surface area contributed by atoms with E-state index >= 15 is 0 Å². The number of Topliss-reactive ketones (excluding diaryl/α,β-unsaturated/α-hetero) is 1. The van der Waals surface area contributed by atoms with Crippen LogP contribution in [0.1, 0.15) is 31.2 Å². The second kappa shape index (κ2) is 8.48. The molecule has 2 aromatic heterocycles. The Balaban J connectivity index is 1.90. The average Bonchev–Trinajstić information content (AvgIpc) is 3.16. The van der Waals surface area contributed by atoms with Crippen molar-refractivity contribution in [3.8, 4) is 0 Å². The van der Waals surface area contributed by atoms with Crippen LogP contribution in [0.5, 0.6) is 0 Å². The number of benzene rings is 2. The van der Waals surface area contributed by atoms with Gasteiger partial charge in [-0.05, 0) is 47.5 Å². The molecule has 4 rings (SSSR count). The quantitative estimate of drug-likeness (QED) is 0.342. The fourth-order valence-corrected chi connectivity index (χ4v) is 4.52. The van der Waals surface area contributed by atoms with Crippen molar-refractivity contribution < 1.29 is 29.3 Å². The molecule has 0 atom stereocenters. The average molecular weight is 440 g/mol. The first-order valence-corrected chi connectivity index (χ1v) is 10.1. The lowest BCUT2D eigenvalue weighted by molar-refractivity contribution is 0.0908. The van der Waals surface area contributed by atoms with Crippen LogP contribution in [0.2, 0.25) is 0 Å². The van der Waals surface area contributed by atoms with E-state index in [9.17, 15) is 29.3 Å². The monoisotopic (exact) mass is 440 g/mol. The van der Waals surface area contributed by atoms with Crippen molar-refractivity contribution in [3.63, 3.8) is 0 Å². The van der Waals surface area contributed by atoms with Gasteiger partial charge < -0.3 is 20.6 Å². The van der Waals surface area contributed by atoms with Crippen molar-refractivity contribution in [2.24, 2.45) is 0 Å². The molecule has 4 aromatic rings. The second-order valence-corrected chi connectivity index (χ2v) is 7.82. The molecular formula is C22H17FN2O5S. The fourth-order valence-electron chi connectivity index (χ4n) is 3.34. The van der Waals surface area contributed by atoms with Crippen LogP contribution >= 0.6 is 11.3 Å². The molecule has 31 heavy (non-hydrogen) atoms. The first-order valence-electron chi connectivity index (χ1n) is 9.26. The number of thiophene rings is 1. The van der Waals surface area contributed by atoms with E-state index in [0.717, 1.165) is 23.5 Å². The highest BCUT2D eigenvalue weighted by molar-refractivity contribution is 7.22. The highest BCUT2D eigenvalue weighted by atomic mass is 32.1. The van der Waals surface area contributed by atoms with E-state index in [1.807, 2.05) is 0 Å². The highest BCUT2D eigenvalue weighted by Gasteiger charge is 2.22. The molecule has 0 aliphatic heterocycles. The maximum absolute atomic E-state index is 13.2. The molecule has 0 spiro atoms. The third-order valence-electron chi connectivity index (χ3n) is 4.92. The molecule has 9 heteroatoms. The number of anilines is 1. The van der Waals surface area contributed by atoms with E-state index in [1.165, 1.54) is 18.3 Å². The maximum atomic E-state index is 13.2. The number of fused-ring (bicyclic) bond motifs is 3. The minimum absolute atomic E-state index is 0.152. The molecule has 0 aliphatic carbocycles. The van der Waals surface area contributed by atoms with Crippen LogP contribution in [0.4, 0.5) is 10.1 Å². The van der Waals surface area contributed by atoms with Crippen molar-refractivity contribution in [1.82, 2.24) is 4.98 Å². The molecule has 0 radical (unpaired) electrons. The van der Waals surface area contributed by atoms with Gasteiger partial charge in [-0.3, -0.25) is 14.6 Å². The van der Waals surface area contributed by atoms with Crippen molar-refractivity contribution in [2.75, 3.05) is 11.9 Å². The van der Waals surface area contributed by atoms with Crippen LogP contribution in [0, 0.1) is 5.82 Å². The third-order valence-corrected chi connectivity index (χ3v) is 6.20. The largest absolute Gasteiger partial charge is 0.392 e. The lowest BCUT2D eigenvalue weighted by Gasteiger charge is -2.09. The Hall–Kier alpha value is -3.24. The van der Waals surface area contributed by atoms with Crippen molar-refractivity contribution in [3.05, 3.63) is 70.0 Å². The number of rotatable bonds is 6. The topological polar surface area (TPSA) is 120 Å². The standard InChI is InChI=1S/C22H17FN2O5S/c23-14-3-1-11(2-4-14)22(30)25-19-16-7-24-17-6-13(9-27)12(8-26)5-15(17)20(16)31-21(19)18(29)10-28/h1-7,26-28H,8-10H2,(H,25,30). The lowest BCUT2D eigenvalue weighted by Crippen LogP contribution is -2.14. The summed E-state index contributed by atoms with van der Waals surface area (Å²) < 4.78 is 13.8. The SMILES string of the molecule is O=C(Nc1c(C(=O)CO)sc2c1cnc1cc(CO)c(CO)cc12)c1ccc(F)cc1. The summed E-state index contributed by atoms with van der Waals surface area (Å²) in [5.41, 5.74) is 2.01. The summed E-state index contributed by atoms with van der Waals surface area (Å²) in [6.07, 6.45) is 1.50. The number of carbonyl (C=O) groups is 2. The van der Waals surface area contributed by atoms with E-state index < -0.39 is 24.1 Å². The van der Waals surface area contributed by atoms with E-state index in [-0.39, 0.29) is 29.3 Å². The van der Waals surface area contributed by atoms with Crippen LogP contribution in [-0.2, 0) is 13.2 Å². The van der Waals surface area contributed by atoms with Crippen molar-refractivity contribution in [1.29, 1.82) is 0 Å². The van der Waals surface area contributed by atoms with Gasteiger partial charge in [-0.25, -0.2) is 4.39 Å². The van der Waals surface area contributed by atoms with Crippen LogP contribution < -0.4 is 5.32 Å². The zero-order valence-corrected chi connectivity index (χ0v) is 16.9. The summed E-state index contributed by atoms with van der Waals surface area (Å²) in [6.45, 7) is -1.29. The van der Waals surface area contributed by atoms with Gasteiger partial charge in [-0.1, -0.05) is 0 Å². The summed E-state index contributed by atoms with van der Waals surface area (Å²) in [5, 5.41) is 32.4. The number of hydrogen-bond acceptors (Lipinski definition) is 7. The Morgan fingerprint density at radius 3 is 2.32 bits per heavy atom. The number of amides is 1. The number of pyridine rings is 1. The molecule has 0 saturated carbocycles. The molecule has 1 amide bonds. The highest BCUT2D eigenvalue weighted by Crippen LogP contribution is 2.40. The maximum Gasteiger partial charge on any atom is 0.255 e. The lowest BCUT2D eigenvalue weighted by atomic mass is 10.0. The van der Waals surface area contributed by atoms with Gasteiger partial charge in [0.25, 0.3) is 5.91 Å². The summed E-state index contributed by atoms with van der Waals surface area (Å²) in [5.74, 6) is -1.59. The molecule has 0 unspecified atom stereocenters. The van der Waals surface area contributed by atoms with Gasteiger partial charge in [-0.15, -0.1) is 11.3 Å². The number of nitrogens with one attached hydrogen (secondary N) is 1. The van der Waals surface area contributed by atoms with Crippen LogP contribution in [0.3, 0.4) is 0 Å². The molecule has 0 aliphatic rings. The minimum atomic E-state index is -0.742. The smallest absolute Gasteiger partial charge is 0.255 e. The molecule has 0 saturated heterocycles. The zero-order chi connectivity index (χ0) is 22.1. The van der Waals surface area contributed by atoms with Crippen LogP contribution in [0.25, 0.3) is 21.0 Å². The van der Waals surface area contributed by atoms with Gasteiger partial charge in [0.05, 0.1) is 29.3 Å². The van der Waals surface area contributed by atoms with Gasteiger partial charge in [0.1, 0.15) is 12.4 Å². The van der Waals surface area contributed by atoms with Crippen LogP contribution in [-0.4, -0.2) is 38.6 Å². The van der Waals surface area contributed by atoms with Gasteiger partial charge in [0.2, 0.25) is 0 Å². The number of carbonyl (C=O) groups excluding carboxylic acids is 2. The van der Waals surface area contributed by atoms with Crippen molar-refractivity contribution in [2.45, 2.75) is 13.2 Å². The fraction of sp³-hybridized carbons (Fsp3) is 0.136. The number of ketones is 1. The molecule has 2 heterocycles. The summed E-state index contributed by atoms with van der Waals surface area (Å²) in [4.78, 5) is 29.6. The predicted molar refractivity (Wildman–Crippen MR) is 115 cm³/mol. The molecule has 2 aromatic carbocycles. The molecule has 0 fully saturated rings. The summed E-state index contributed by atoms with van der Waals surface area (Å²) >= 11 is 1.09. The third kappa shape index (κ3) is 3.79. The number of nitrogens with zero attached hydrogens (tertiary/aromatic N) is 1. The first kappa shape index (κ1) is 21.0. The van der Waals surface area contributed by atoms with E-state index in [2.05, 4.69) is 10.3 Å². The number of halogens is 1. The molecule has 4 N–H and O–H groups in total. The predicted octanol–water partition coefficient (Wildman–Crippen LogP) is 3.00. The van der Waals surface area contributed by atoms with Gasteiger partial charge >= 0.3 is 0 Å². The van der Waals surface area contributed by atoms with E-state index in [1.54, 1.807) is 12.1 Å². The number of aliphatic hydroxyl groups is 3. The normalized spacial score (nSPS) is 11.2. The Morgan fingerprint density at radius 2 is 1.68 bits per heavy atom. The molecule has 158 valence electrons. The molecule has 7 nitrogen and oxygen atoms in total. The molecule has 0 bridgehead atoms. The zero-order valence-electron chi connectivity index (χ0n) is 16.1. The Bertz CT molecular complexity index is 1320. The first-order chi connectivity index (χ1) is 15.0. The van der Waals surface area contributed by atoms with Gasteiger partial charge in [0, 0.05) is 27.2 Å². The van der Waals surface area contributed by atoms with Crippen LogP contribution in [0.15, 0.2) is 42.6 Å². The summed E-state index contributed by atoms with van der Waals surface area (Å²) in [7, 11) is 0. The van der Waals surface area contributed by atoms with Gasteiger partial charge in [-0.2, -0.15) is 0 Å². The van der Waals surface area contributed by atoms with E-state index in [4.69, 9.17) is 0 Å². The Kier molecular flexibility index (Phi) is 5.75. The number of aliphatic hydroxyl groups excluding tert-OH is 3. The van der Waals surface area contributed by atoms with Crippen molar-refractivity contribution >= 4 is 49.7 Å². The second-order valence-electron chi connectivity index (χ2n) is 6.80. The number of hydrogen-bond donors (Lipinski definition) is 4. The van der Waals surface area contributed by atoms with Gasteiger partial charge in [0.15, 0.2) is 5.78 Å². The van der Waals surface area contributed by atoms with E-state index in [0.29, 0.717) is 32.1 Å². The molecular weight excluding hydrogens is 423 g/mol. The Morgan fingerprint density at radius 1 is 1.00 bits per heavy atom.